The second-order valence-corrected chi connectivity index (χ2v) is 10.8. The van der Waals surface area contributed by atoms with Crippen LogP contribution >= 0.6 is 0 Å². The molecule has 0 amide bonds. The van der Waals surface area contributed by atoms with E-state index in [0.717, 1.165) is 50.5 Å². The molecule has 0 bridgehead atoms. The zero-order chi connectivity index (χ0) is 25.2. The number of fused-ring (bicyclic) bond motifs is 1. The van der Waals surface area contributed by atoms with Gasteiger partial charge in [0.25, 0.3) is 5.79 Å². The van der Waals surface area contributed by atoms with Gasteiger partial charge in [0.05, 0.1) is 23.1 Å². The van der Waals surface area contributed by atoms with Gasteiger partial charge in [0.2, 0.25) is 0 Å². The molecule has 1 saturated carbocycles. The molecule has 3 atom stereocenters. The van der Waals surface area contributed by atoms with E-state index in [2.05, 4.69) is 6.07 Å². The molecule has 5 nitrogen and oxygen atoms in total. The first-order valence-electron chi connectivity index (χ1n) is 12.5. The number of para-hydroxylation sites is 1. The molecule has 2 aliphatic rings. The maximum atomic E-state index is 14.8. The van der Waals surface area contributed by atoms with Gasteiger partial charge in [-0.3, -0.25) is 4.79 Å². The predicted molar refractivity (Wildman–Crippen MR) is 131 cm³/mol. The molecule has 3 unspecified atom stereocenters. The lowest BCUT2D eigenvalue weighted by atomic mass is 9.88. The Bertz CT molecular complexity index is 1130. The van der Waals surface area contributed by atoms with Crippen LogP contribution < -0.4 is 9.47 Å². The molecule has 0 aromatic heterocycles. The van der Waals surface area contributed by atoms with Crippen LogP contribution in [0.25, 0.3) is 0 Å². The average molecular weight is 480 g/mol. The van der Waals surface area contributed by atoms with E-state index in [-0.39, 0.29) is 28.9 Å². The van der Waals surface area contributed by atoms with Gasteiger partial charge in [0, 0.05) is 12.5 Å². The Labute approximate surface area is 207 Å². The maximum Gasteiger partial charge on any atom is 0.309 e. The summed E-state index contributed by atoms with van der Waals surface area (Å²) < 4.78 is 32.9. The van der Waals surface area contributed by atoms with E-state index in [1.165, 1.54) is 6.07 Å². The second-order valence-electron chi connectivity index (χ2n) is 10.8. The van der Waals surface area contributed by atoms with Crippen LogP contribution in [0.4, 0.5) is 4.39 Å². The number of hydrogen-bond donors (Lipinski definition) is 0. The monoisotopic (exact) mass is 479 g/mol. The normalized spacial score (nSPS) is 24.6. The number of carbonyl (C=O) groups excluding carboxylic acids is 1. The third kappa shape index (κ3) is 5.61. The summed E-state index contributed by atoms with van der Waals surface area (Å²) in [5.74, 6) is -0.468. The van der Waals surface area contributed by atoms with E-state index < -0.39 is 17.2 Å². The zero-order valence-corrected chi connectivity index (χ0v) is 21.0. The Morgan fingerprint density at radius 3 is 2.51 bits per heavy atom. The van der Waals surface area contributed by atoms with Gasteiger partial charge in [-0.1, -0.05) is 31.4 Å². The highest BCUT2D eigenvalue weighted by Gasteiger charge is 2.42. The molecule has 2 aromatic rings. The first kappa shape index (κ1) is 25.0. The molecule has 186 valence electrons. The first-order valence-corrected chi connectivity index (χ1v) is 12.5. The van der Waals surface area contributed by atoms with Crippen molar-refractivity contribution in [2.45, 2.75) is 89.9 Å². The number of benzene rings is 2. The minimum Gasteiger partial charge on any atom is -0.460 e. The summed E-state index contributed by atoms with van der Waals surface area (Å²) in [6.07, 6.45) is 6.48. The third-order valence-electron chi connectivity index (χ3n) is 6.84. The van der Waals surface area contributed by atoms with E-state index in [0.29, 0.717) is 11.5 Å². The fraction of sp³-hybridized carbons (Fsp3) is 0.517. The number of nitriles is 1. The zero-order valence-electron chi connectivity index (χ0n) is 21.0. The molecule has 1 fully saturated rings. The Kier molecular flexibility index (Phi) is 7.07. The van der Waals surface area contributed by atoms with Crippen molar-refractivity contribution < 1.29 is 23.4 Å². The summed E-state index contributed by atoms with van der Waals surface area (Å²) >= 11 is 0. The largest absolute Gasteiger partial charge is 0.460 e. The van der Waals surface area contributed by atoms with Crippen LogP contribution in [0.1, 0.15) is 95.2 Å². The summed E-state index contributed by atoms with van der Waals surface area (Å²) in [7, 11) is 0. The van der Waals surface area contributed by atoms with Gasteiger partial charge in [-0.15, -0.1) is 0 Å². The highest BCUT2D eigenvalue weighted by atomic mass is 19.1. The Balaban J connectivity index is 1.51. The summed E-state index contributed by atoms with van der Waals surface area (Å²) in [4.78, 5) is 12.7. The molecule has 35 heavy (non-hydrogen) atoms. The number of halogens is 1. The highest BCUT2D eigenvalue weighted by Crippen LogP contribution is 2.50. The van der Waals surface area contributed by atoms with Crippen molar-refractivity contribution in [2.24, 2.45) is 5.92 Å². The number of esters is 1. The van der Waals surface area contributed by atoms with E-state index in [4.69, 9.17) is 19.5 Å². The van der Waals surface area contributed by atoms with Gasteiger partial charge < -0.3 is 14.2 Å². The molecule has 4 rings (SSSR count). The van der Waals surface area contributed by atoms with Crippen LogP contribution in [0, 0.1) is 23.1 Å². The lowest BCUT2D eigenvalue weighted by Crippen LogP contribution is -2.32. The minimum atomic E-state index is -1.31. The van der Waals surface area contributed by atoms with E-state index in [1.54, 1.807) is 19.1 Å². The molecule has 0 spiro atoms. The van der Waals surface area contributed by atoms with Crippen LogP contribution in [-0.4, -0.2) is 11.6 Å². The van der Waals surface area contributed by atoms with Crippen LogP contribution in [0.3, 0.4) is 0 Å². The predicted octanol–water partition coefficient (Wildman–Crippen LogP) is 7.13. The van der Waals surface area contributed by atoms with E-state index >= 15 is 0 Å². The first-order chi connectivity index (χ1) is 16.6. The van der Waals surface area contributed by atoms with Gasteiger partial charge in [-0.05, 0) is 76.6 Å². The van der Waals surface area contributed by atoms with Crippen LogP contribution in [0.2, 0.25) is 0 Å². The van der Waals surface area contributed by atoms with Gasteiger partial charge in [-0.2, -0.15) is 5.26 Å². The maximum absolute atomic E-state index is 14.8. The van der Waals surface area contributed by atoms with Crippen LogP contribution in [0.5, 0.6) is 11.5 Å². The van der Waals surface area contributed by atoms with E-state index in [1.807, 2.05) is 39.0 Å². The lowest BCUT2D eigenvalue weighted by Gasteiger charge is -2.25. The quantitative estimate of drug-likeness (QED) is 0.438. The number of hydrogen-bond acceptors (Lipinski definition) is 5. The minimum absolute atomic E-state index is 0.0586. The third-order valence-corrected chi connectivity index (χ3v) is 6.84. The summed E-state index contributed by atoms with van der Waals surface area (Å²) in [6, 6.07) is 12.1. The smallest absolute Gasteiger partial charge is 0.309 e. The molecular formula is C29H34FNO4. The number of ether oxygens (including phenoxy) is 3. The molecule has 0 N–H and O–H groups in total. The van der Waals surface area contributed by atoms with Crippen LogP contribution in [-0.2, 0) is 15.3 Å². The van der Waals surface area contributed by atoms with Crippen molar-refractivity contribution >= 4 is 5.97 Å². The fourth-order valence-corrected chi connectivity index (χ4v) is 5.14. The molecule has 1 aliphatic carbocycles. The molecule has 0 saturated heterocycles. The van der Waals surface area contributed by atoms with Crippen molar-refractivity contribution in [1.82, 2.24) is 0 Å². The molecule has 0 radical (unpaired) electrons. The van der Waals surface area contributed by atoms with Crippen molar-refractivity contribution in [3.8, 4) is 17.6 Å². The standard InChI is InChI=1S/C29H34FNO4/c1-28(2,3)35-27(32)21-10-6-5-9-20(11-7-12-21)22-13-8-14-25-26(22)34-29(4,33-25)23-16-15-19(18-31)17-24(23)30/h8,13-17,20-21H,5-7,9-12H2,1-4H3. The highest BCUT2D eigenvalue weighted by molar-refractivity contribution is 5.72. The SMILES string of the molecule is CC(C)(C)OC(=O)C1CCCCC(c2cccc3c2OC(C)(c2ccc(C#N)cc2F)O3)CCC1. The molecule has 1 aliphatic heterocycles. The molecule has 6 heteroatoms. The van der Waals surface area contributed by atoms with Crippen molar-refractivity contribution in [3.05, 3.63) is 58.9 Å². The Morgan fingerprint density at radius 1 is 1.09 bits per heavy atom. The topological polar surface area (TPSA) is 68.5 Å². The van der Waals surface area contributed by atoms with Gasteiger partial charge >= 0.3 is 5.97 Å². The number of nitrogens with zero attached hydrogens (tertiary/aromatic N) is 1. The Hall–Kier alpha value is -3.07. The summed E-state index contributed by atoms with van der Waals surface area (Å²) in [5.41, 5.74) is 1.10. The molecular weight excluding hydrogens is 445 g/mol. The van der Waals surface area contributed by atoms with Crippen LogP contribution in [0.15, 0.2) is 36.4 Å². The van der Waals surface area contributed by atoms with E-state index in [9.17, 15) is 9.18 Å². The Morgan fingerprint density at radius 2 is 1.80 bits per heavy atom. The van der Waals surface area contributed by atoms with Gasteiger partial charge in [-0.25, -0.2) is 4.39 Å². The average Bonchev–Trinajstić information content (AvgIpc) is 3.19. The van der Waals surface area contributed by atoms with Gasteiger partial charge in [0.15, 0.2) is 11.5 Å². The molecule has 2 aromatic carbocycles. The van der Waals surface area contributed by atoms with Gasteiger partial charge in [0.1, 0.15) is 11.4 Å². The summed E-state index contributed by atoms with van der Waals surface area (Å²) in [5, 5.41) is 9.06. The lowest BCUT2D eigenvalue weighted by molar-refractivity contribution is -0.160. The fourth-order valence-electron chi connectivity index (χ4n) is 5.14. The van der Waals surface area contributed by atoms with Crippen molar-refractivity contribution in [3.63, 3.8) is 0 Å². The number of rotatable bonds is 3. The molecule has 1 heterocycles. The van der Waals surface area contributed by atoms with Crippen molar-refractivity contribution in [2.75, 3.05) is 0 Å². The summed E-state index contributed by atoms with van der Waals surface area (Å²) in [6.45, 7) is 7.43. The number of carbonyl (C=O) groups is 1. The second kappa shape index (κ2) is 9.89. The van der Waals surface area contributed by atoms with Crippen molar-refractivity contribution in [1.29, 1.82) is 5.26 Å².